The molecule has 1 atom stereocenters. The summed E-state index contributed by atoms with van der Waals surface area (Å²) in [4.78, 5) is 34.1. The van der Waals surface area contributed by atoms with E-state index in [0.717, 1.165) is 28.7 Å². The Morgan fingerprint density at radius 3 is 2.56 bits per heavy atom. The number of nitrogens with zero attached hydrogens (tertiary/aromatic N) is 3. The molecular formula is C34H23I2N3O4S2. The molecule has 7 nitrogen and oxygen atoms in total. The molecule has 224 valence electrons. The van der Waals surface area contributed by atoms with Gasteiger partial charge in [-0.25, -0.2) is 9.79 Å². The Balaban J connectivity index is 1.51. The number of hydrogen-bond acceptors (Lipinski definition) is 8. The lowest BCUT2D eigenvalue weighted by Crippen LogP contribution is -2.39. The molecule has 0 N–H and O–H groups in total. The average molecular weight is 856 g/mol. The van der Waals surface area contributed by atoms with E-state index >= 15 is 0 Å². The molecule has 3 heterocycles. The largest absolute Gasteiger partial charge is 0.487 e. The molecule has 2 aromatic heterocycles. The minimum Gasteiger partial charge on any atom is -0.487 e. The molecule has 1 aliphatic heterocycles. The molecule has 0 spiro atoms. The van der Waals surface area contributed by atoms with Crippen molar-refractivity contribution >= 4 is 85.6 Å². The third-order valence-corrected chi connectivity index (χ3v) is 10.3. The van der Waals surface area contributed by atoms with Crippen LogP contribution in [-0.2, 0) is 16.1 Å². The lowest BCUT2D eigenvalue weighted by atomic mass is 9.97. The van der Waals surface area contributed by atoms with E-state index in [-0.39, 0.29) is 12.2 Å². The maximum atomic E-state index is 14.3. The normalized spacial score (nSPS) is 14.4. The Kier molecular flexibility index (Phi) is 9.64. The van der Waals surface area contributed by atoms with Crippen LogP contribution in [0.25, 0.3) is 11.8 Å². The first kappa shape index (κ1) is 31.4. The fourth-order valence-electron chi connectivity index (χ4n) is 4.97. The number of hydrogen-bond donors (Lipinski definition) is 0. The second-order valence-corrected chi connectivity index (χ2v) is 14.2. The molecule has 0 fully saturated rings. The lowest BCUT2D eigenvalue weighted by Gasteiger charge is -2.24. The van der Waals surface area contributed by atoms with E-state index in [1.54, 1.807) is 23.6 Å². The van der Waals surface area contributed by atoms with Gasteiger partial charge in [-0.1, -0.05) is 59.9 Å². The summed E-state index contributed by atoms with van der Waals surface area (Å²) in [5, 5.41) is 11.1. The number of halogens is 2. The van der Waals surface area contributed by atoms with Gasteiger partial charge in [-0.05, 0) is 99.5 Å². The molecule has 0 bridgehead atoms. The first-order valence-electron chi connectivity index (χ1n) is 13.8. The van der Waals surface area contributed by atoms with Crippen molar-refractivity contribution in [1.82, 2.24) is 4.57 Å². The summed E-state index contributed by atoms with van der Waals surface area (Å²) in [5.74, 6) is 0.150. The van der Waals surface area contributed by atoms with Gasteiger partial charge in [0.1, 0.15) is 18.4 Å². The van der Waals surface area contributed by atoms with Crippen molar-refractivity contribution in [2.24, 2.45) is 4.99 Å². The van der Waals surface area contributed by atoms with E-state index in [0.29, 0.717) is 38.5 Å². The van der Waals surface area contributed by atoms with Gasteiger partial charge >= 0.3 is 5.97 Å². The van der Waals surface area contributed by atoms with Crippen molar-refractivity contribution in [2.45, 2.75) is 19.6 Å². The Morgan fingerprint density at radius 1 is 1.09 bits per heavy atom. The van der Waals surface area contributed by atoms with Crippen LogP contribution < -0.4 is 19.6 Å². The molecule has 6 rings (SSSR count). The number of carbonyl (C=O) groups excluding carboxylic acids is 1. The zero-order chi connectivity index (χ0) is 31.5. The van der Waals surface area contributed by atoms with Crippen LogP contribution in [0, 0.1) is 18.5 Å². The SMILES string of the molecule is CCOC(=O)C1=C(c2ccccc2)N=c2s/c(=C\c3cc(I)cc(I)c3OCc3ccc(C#N)cc3)c(=O)n2[C@H]1c1cccs1. The van der Waals surface area contributed by atoms with Crippen LogP contribution in [0.1, 0.15) is 40.1 Å². The summed E-state index contributed by atoms with van der Waals surface area (Å²) in [5.41, 5.74) is 3.61. The van der Waals surface area contributed by atoms with Gasteiger partial charge in [0.2, 0.25) is 0 Å². The third kappa shape index (κ3) is 6.55. The molecule has 5 aromatic rings. The zero-order valence-corrected chi connectivity index (χ0v) is 29.6. The zero-order valence-electron chi connectivity index (χ0n) is 23.7. The Bertz CT molecular complexity index is 2150. The van der Waals surface area contributed by atoms with Gasteiger partial charge in [0.15, 0.2) is 4.80 Å². The number of carbonyl (C=O) groups is 1. The number of fused-ring (bicyclic) bond motifs is 1. The summed E-state index contributed by atoms with van der Waals surface area (Å²) in [6, 6.07) is 26.0. The van der Waals surface area contributed by atoms with Gasteiger partial charge < -0.3 is 9.47 Å². The van der Waals surface area contributed by atoms with E-state index in [2.05, 4.69) is 51.3 Å². The Hall–Kier alpha value is -3.58. The van der Waals surface area contributed by atoms with E-state index in [4.69, 9.17) is 19.7 Å². The summed E-state index contributed by atoms with van der Waals surface area (Å²) in [6.45, 7) is 2.26. The molecule has 0 saturated carbocycles. The fourth-order valence-corrected chi connectivity index (χ4v) is 8.83. The van der Waals surface area contributed by atoms with Crippen molar-refractivity contribution < 1.29 is 14.3 Å². The molecule has 0 amide bonds. The van der Waals surface area contributed by atoms with Gasteiger partial charge in [-0.15, -0.1) is 11.3 Å². The standard InChI is InChI=1S/C34H23I2N3O4S2/c1-2-42-33(41)28-29(22-7-4-3-5-8-22)38-34-39(30(28)26-9-6-14-44-26)32(40)27(45-34)16-23-15-24(35)17-25(36)31(23)43-19-21-12-10-20(18-37)11-13-21/h3-17,30H,2,19H2,1H3/b27-16-/t30-/m0/s1. The molecule has 0 unspecified atom stereocenters. The smallest absolute Gasteiger partial charge is 0.338 e. The predicted molar refractivity (Wildman–Crippen MR) is 193 cm³/mol. The summed E-state index contributed by atoms with van der Waals surface area (Å²) >= 11 is 7.25. The van der Waals surface area contributed by atoms with Crippen LogP contribution in [0.5, 0.6) is 5.75 Å². The minimum atomic E-state index is -0.694. The molecule has 0 radical (unpaired) electrons. The number of thiophene rings is 1. The van der Waals surface area contributed by atoms with Crippen LogP contribution in [0.2, 0.25) is 0 Å². The van der Waals surface area contributed by atoms with Crippen LogP contribution >= 0.6 is 67.9 Å². The average Bonchev–Trinajstić information content (AvgIpc) is 3.69. The number of aromatic nitrogens is 1. The number of ether oxygens (including phenoxy) is 2. The van der Waals surface area contributed by atoms with Gasteiger partial charge in [0.25, 0.3) is 5.56 Å². The molecule has 1 aliphatic rings. The van der Waals surface area contributed by atoms with Crippen molar-refractivity contribution in [3.63, 3.8) is 0 Å². The highest BCUT2D eigenvalue weighted by molar-refractivity contribution is 14.1. The molecule has 11 heteroatoms. The van der Waals surface area contributed by atoms with Crippen molar-refractivity contribution in [3.05, 3.63) is 144 Å². The van der Waals surface area contributed by atoms with E-state index in [9.17, 15) is 9.59 Å². The van der Waals surface area contributed by atoms with Gasteiger partial charge in [0.05, 0.1) is 37.6 Å². The highest BCUT2D eigenvalue weighted by Gasteiger charge is 2.35. The van der Waals surface area contributed by atoms with Gasteiger partial charge in [0, 0.05) is 19.6 Å². The maximum Gasteiger partial charge on any atom is 0.338 e. The highest BCUT2D eigenvalue weighted by Crippen LogP contribution is 2.37. The van der Waals surface area contributed by atoms with Gasteiger partial charge in [-0.2, -0.15) is 5.26 Å². The fraction of sp³-hybridized carbons (Fsp3) is 0.118. The number of nitriles is 1. The van der Waals surface area contributed by atoms with Crippen LogP contribution in [0.15, 0.2) is 99.6 Å². The van der Waals surface area contributed by atoms with Crippen molar-refractivity contribution in [3.8, 4) is 11.8 Å². The first-order valence-corrected chi connectivity index (χ1v) is 17.7. The molecule has 0 aliphatic carbocycles. The summed E-state index contributed by atoms with van der Waals surface area (Å²) in [7, 11) is 0. The quantitative estimate of drug-likeness (QED) is 0.129. The molecule has 3 aromatic carbocycles. The lowest BCUT2D eigenvalue weighted by molar-refractivity contribution is -0.138. The van der Waals surface area contributed by atoms with E-state index in [1.165, 1.54) is 22.7 Å². The van der Waals surface area contributed by atoms with E-state index < -0.39 is 12.0 Å². The topological polar surface area (TPSA) is 93.7 Å². The first-order chi connectivity index (χ1) is 21.9. The number of rotatable bonds is 8. The monoisotopic (exact) mass is 855 g/mol. The third-order valence-electron chi connectivity index (χ3n) is 6.98. The minimum absolute atomic E-state index is 0.197. The van der Waals surface area contributed by atoms with E-state index in [1.807, 2.05) is 78.2 Å². The highest BCUT2D eigenvalue weighted by atomic mass is 127. The second-order valence-electron chi connectivity index (χ2n) is 9.85. The molecule has 45 heavy (non-hydrogen) atoms. The second kappa shape index (κ2) is 13.8. The summed E-state index contributed by atoms with van der Waals surface area (Å²) in [6.07, 6.45) is 1.84. The van der Waals surface area contributed by atoms with Crippen molar-refractivity contribution in [2.75, 3.05) is 6.61 Å². The van der Waals surface area contributed by atoms with Crippen LogP contribution in [0.4, 0.5) is 0 Å². The Morgan fingerprint density at radius 2 is 1.87 bits per heavy atom. The number of thiazole rings is 1. The predicted octanol–water partition coefficient (Wildman–Crippen LogP) is 6.66. The molecule has 0 saturated heterocycles. The number of benzene rings is 3. The van der Waals surface area contributed by atoms with Crippen molar-refractivity contribution in [1.29, 1.82) is 5.26 Å². The van der Waals surface area contributed by atoms with Crippen LogP contribution in [-0.4, -0.2) is 17.1 Å². The molecular weight excluding hydrogens is 832 g/mol. The van der Waals surface area contributed by atoms with Crippen LogP contribution in [0.3, 0.4) is 0 Å². The Labute approximate surface area is 294 Å². The summed E-state index contributed by atoms with van der Waals surface area (Å²) < 4.78 is 15.8. The maximum absolute atomic E-state index is 14.3. The van der Waals surface area contributed by atoms with Gasteiger partial charge in [-0.3, -0.25) is 9.36 Å². The number of esters is 1.